The molecule has 4 aromatic rings. The Labute approximate surface area is 165 Å². The van der Waals surface area contributed by atoms with Crippen LogP contribution in [0.2, 0.25) is 0 Å². The van der Waals surface area contributed by atoms with E-state index in [-0.39, 0.29) is 12.1 Å². The number of rotatable bonds is 5. The number of anilines is 1. The van der Waals surface area contributed by atoms with E-state index in [1.165, 1.54) is 24.3 Å². The summed E-state index contributed by atoms with van der Waals surface area (Å²) >= 11 is 0. The van der Waals surface area contributed by atoms with Gasteiger partial charge in [-0.05, 0) is 48.0 Å². The highest BCUT2D eigenvalue weighted by Gasteiger charge is 2.13. The molecule has 0 fully saturated rings. The van der Waals surface area contributed by atoms with Crippen LogP contribution in [0.4, 0.5) is 10.1 Å². The Morgan fingerprint density at radius 3 is 2.38 bits per heavy atom. The number of benzene rings is 2. The summed E-state index contributed by atoms with van der Waals surface area (Å²) in [5.41, 5.74) is 1.80. The molecule has 0 radical (unpaired) electrons. The monoisotopic (exact) mass is 388 g/mol. The molecule has 2 aromatic carbocycles. The van der Waals surface area contributed by atoms with E-state index >= 15 is 0 Å². The van der Waals surface area contributed by atoms with Gasteiger partial charge in [0.1, 0.15) is 12.4 Å². The molecule has 0 unspecified atom stereocenters. The molecule has 0 spiro atoms. The van der Waals surface area contributed by atoms with Gasteiger partial charge in [0.2, 0.25) is 5.91 Å². The fourth-order valence-corrected chi connectivity index (χ4v) is 3.11. The van der Waals surface area contributed by atoms with Gasteiger partial charge in [0.05, 0.1) is 11.1 Å². The summed E-state index contributed by atoms with van der Waals surface area (Å²) in [4.78, 5) is 29.3. The minimum Gasteiger partial charge on any atom is -0.324 e. The molecule has 6 nitrogen and oxygen atoms in total. The Morgan fingerprint density at radius 1 is 0.966 bits per heavy atom. The molecule has 7 heteroatoms. The topological polar surface area (TPSA) is 76.9 Å². The quantitative estimate of drug-likeness (QED) is 0.570. The fraction of sp³-hybridized carbons (Fsp3) is 0.0909. The highest BCUT2D eigenvalue weighted by molar-refractivity contribution is 5.91. The van der Waals surface area contributed by atoms with Gasteiger partial charge < -0.3 is 5.32 Å². The smallest absolute Gasteiger partial charge is 0.275 e. The number of nitrogens with zero attached hydrogens (tertiary/aromatic N) is 3. The molecule has 2 aromatic heterocycles. The van der Waals surface area contributed by atoms with Crippen molar-refractivity contribution in [1.82, 2.24) is 14.8 Å². The third kappa shape index (κ3) is 4.19. The summed E-state index contributed by atoms with van der Waals surface area (Å²) < 4.78 is 14.2. The highest BCUT2D eigenvalue weighted by Crippen LogP contribution is 2.17. The van der Waals surface area contributed by atoms with Crippen molar-refractivity contribution in [2.24, 2.45) is 0 Å². The number of fused-ring (bicyclic) bond motifs is 1. The fourth-order valence-electron chi connectivity index (χ4n) is 3.11. The normalized spacial score (nSPS) is 10.8. The van der Waals surface area contributed by atoms with Crippen LogP contribution in [0.3, 0.4) is 0 Å². The lowest BCUT2D eigenvalue weighted by Crippen LogP contribution is -2.30. The number of hydrogen-bond acceptors (Lipinski definition) is 4. The third-order valence-electron chi connectivity index (χ3n) is 4.49. The van der Waals surface area contributed by atoms with Gasteiger partial charge in [0, 0.05) is 29.9 Å². The lowest BCUT2D eigenvalue weighted by Gasteiger charge is -2.11. The second-order valence-electron chi connectivity index (χ2n) is 6.54. The molecule has 0 aliphatic carbocycles. The number of aromatic nitrogens is 3. The Morgan fingerprint density at radius 2 is 1.66 bits per heavy atom. The largest absolute Gasteiger partial charge is 0.324 e. The van der Waals surface area contributed by atoms with Gasteiger partial charge in [-0.1, -0.05) is 18.2 Å². The van der Waals surface area contributed by atoms with Gasteiger partial charge in [-0.25, -0.2) is 9.07 Å². The Balaban J connectivity index is 1.66. The molecule has 0 saturated carbocycles. The Hall–Kier alpha value is -3.87. The second-order valence-corrected chi connectivity index (χ2v) is 6.54. The van der Waals surface area contributed by atoms with Crippen LogP contribution in [-0.2, 0) is 17.8 Å². The summed E-state index contributed by atoms with van der Waals surface area (Å²) in [5.74, 6) is -0.812. The third-order valence-corrected chi connectivity index (χ3v) is 4.49. The molecule has 2 heterocycles. The molecule has 1 amide bonds. The van der Waals surface area contributed by atoms with Crippen molar-refractivity contribution in [3.63, 3.8) is 0 Å². The average molecular weight is 388 g/mol. The maximum absolute atomic E-state index is 13.0. The zero-order chi connectivity index (χ0) is 20.2. The number of halogens is 1. The van der Waals surface area contributed by atoms with Crippen LogP contribution in [0.5, 0.6) is 0 Å². The molecule has 0 bridgehead atoms. The first-order valence-corrected chi connectivity index (χ1v) is 9.03. The predicted octanol–water partition coefficient (Wildman–Crippen LogP) is 3.16. The molecular formula is C22H17FN4O2. The van der Waals surface area contributed by atoms with E-state index in [0.717, 1.165) is 15.6 Å². The standard InChI is InChI=1S/C22H17FN4O2/c23-16-5-7-17(8-6-16)25-21(28)14-27-22(29)19-4-2-1-3-18(19)20(26-27)13-15-9-11-24-12-10-15/h1-12H,13-14H2,(H,25,28). The summed E-state index contributed by atoms with van der Waals surface area (Å²) in [6, 6.07) is 16.4. The summed E-state index contributed by atoms with van der Waals surface area (Å²) in [5, 5.41) is 8.36. The number of hydrogen-bond donors (Lipinski definition) is 1. The number of carbonyl (C=O) groups is 1. The molecule has 0 aliphatic rings. The summed E-state index contributed by atoms with van der Waals surface area (Å²) in [6.07, 6.45) is 3.90. The summed E-state index contributed by atoms with van der Waals surface area (Å²) in [7, 11) is 0. The first kappa shape index (κ1) is 18.5. The van der Waals surface area contributed by atoms with Gasteiger partial charge in [0.25, 0.3) is 5.56 Å². The number of carbonyl (C=O) groups excluding carboxylic acids is 1. The molecule has 1 N–H and O–H groups in total. The van der Waals surface area contributed by atoms with Crippen LogP contribution in [0.15, 0.2) is 77.9 Å². The SMILES string of the molecule is O=C(Cn1nc(Cc2ccncc2)c2ccccc2c1=O)Nc1ccc(F)cc1. The summed E-state index contributed by atoms with van der Waals surface area (Å²) in [6.45, 7) is -0.246. The molecule has 144 valence electrons. The lowest BCUT2D eigenvalue weighted by atomic mass is 10.1. The van der Waals surface area contributed by atoms with Crippen LogP contribution >= 0.6 is 0 Å². The van der Waals surface area contributed by atoms with Crippen LogP contribution in [0, 0.1) is 5.82 Å². The van der Waals surface area contributed by atoms with Gasteiger partial charge in [-0.15, -0.1) is 0 Å². The van der Waals surface area contributed by atoms with E-state index in [2.05, 4.69) is 15.4 Å². The minimum atomic E-state index is -0.420. The van der Waals surface area contributed by atoms with Crippen LogP contribution in [0.25, 0.3) is 10.8 Å². The molecule has 4 rings (SSSR count). The van der Waals surface area contributed by atoms with Gasteiger partial charge in [-0.2, -0.15) is 5.10 Å². The average Bonchev–Trinajstić information content (AvgIpc) is 2.74. The lowest BCUT2D eigenvalue weighted by molar-refractivity contribution is -0.117. The number of nitrogens with one attached hydrogen (secondary N) is 1. The van der Waals surface area contributed by atoms with Crippen LogP contribution in [-0.4, -0.2) is 20.7 Å². The van der Waals surface area contributed by atoms with E-state index in [4.69, 9.17) is 0 Å². The first-order chi connectivity index (χ1) is 14.1. The van der Waals surface area contributed by atoms with Crippen LogP contribution < -0.4 is 10.9 Å². The van der Waals surface area contributed by atoms with Gasteiger partial charge in [-0.3, -0.25) is 14.6 Å². The molecular weight excluding hydrogens is 371 g/mol. The van der Waals surface area contributed by atoms with Crippen molar-refractivity contribution >= 4 is 22.4 Å². The van der Waals surface area contributed by atoms with E-state index in [9.17, 15) is 14.0 Å². The van der Waals surface area contributed by atoms with E-state index < -0.39 is 11.7 Å². The predicted molar refractivity (Wildman–Crippen MR) is 108 cm³/mol. The van der Waals surface area contributed by atoms with Gasteiger partial charge in [0.15, 0.2) is 0 Å². The van der Waals surface area contributed by atoms with E-state index in [1.54, 1.807) is 24.5 Å². The zero-order valence-corrected chi connectivity index (χ0v) is 15.4. The van der Waals surface area contributed by atoms with E-state index in [0.29, 0.717) is 23.2 Å². The molecule has 0 atom stereocenters. The minimum absolute atomic E-state index is 0.246. The molecule has 0 aliphatic heterocycles. The Kier molecular flexibility index (Phi) is 5.11. The highest BCUT2D eigenvalue weighted by atomic mass is 19.1. The van der Waals surface area contributed by atoms with Crippen molar-refractivity contribution in [2.45, 2.75) is 13.0 Å². The number of amides is 1. The zero-order valence-electron chi connectivity index (χ0n) is 15.4. The maximum Gasteiger partial charge on any atom is 0.275 e. The van der Waals surface area contributed by atoms with Crippen molar-refractivity contribution in [3.05, 3.63) is 100 Å². The van der Waals surface area contributed by atoms with Gasteiger partial charge >= 0.3 is 0 Å². The maximum atomic E-state index is 13.0. The molecule has 0 saturated heterocycles. The van der Waals surface area contributed by atoms with Crippen molar-refractivity contribution in [1.29, 1.82) is 0 Å². The van der Waals surface area contributed by atoms with Crippen molar-refractivity contribution in [2.75, 3.05) is 5.32 Å². The first-order valence-electron chi connectivity index (χ1n) is 9.03. The van der Waals surface area contributed by atoms with Crippen molar-refractivity contribution < 1.29 is 9.18 Å². The van der Waals surface area contributed by atoms with Crippen LogP contribution in [0.1, 0.15) is 11.3 Å². The van der Waals surface area contributed by atoms with Crippen molar-refractivity contribution in [3.8, 4) is 0 Å². The Bertz CT molecular complexity index is 1220. The number of pyridine rings is 1. The second kappa shape index (κ2) is 8.02. The van der Waals surface area contributed by atoms with E-state index in [1.807, 2.05) is 24.3 Å². The molecule has 29 heavy (non-hydrogen) atoms.